The normalized spacial score (nSPS) is 17.1. The van der Waals surface area contributed by atoms with Gasteiger partial charge < -0.3 is 10.2 Å². The van der Waals surface area contributed by atoms with Crippen LogP contribution in [0.3, 0.4) is 0 Å². The van der Waals surface area contributed by atoms with Gasteiger partial charge in [-0.05, 0) is 44.0 Å². The van der Waals surface area contributed by atoms with Crippen LogP contribution in [0, 0.1) is 16.0 Å². The molecule has 1 unspecified atom stereocenters. The summed E-state index contributed by atoms with van der Waals surface area (Å²) in [5, 5.41) is 14.4. The number of rotatable bonds is 6. The highest BCUT2D eigenvalue weighted by Crippen LogP contribution is 2.32. The molecular formula is C14H20ClN3O2. The molecule has 1 atom stereocenters. The van der Waals surface area contributed by atoms with E-state index in [1.807, 2.05) is 0 Å². The molecule has 0 bridgehead atoms. The predicted octanol–water partition coefficient (Wildman–Crippen LogP) is 3.39. The van der Waals surface area contributed by atoms with Crippen LogP contribution in [-0.4, -0.2) is 36.0 Å². The monoisotopic (exact) mass is 297 g/mol. The van der Waals surface area contributed by atoms with Crippen molar-refractivity contribution in [3.05, 3.63) is 33.3 Å². The third-order valence-electron chi connectivity index (χ3n) is 3.58. The maximum absolute atomic E-state index is 11.0. The molecule has 1 heterocycles. The highest BCUT2D eigenvalue weighted by Gasteiger charge is 2.19. The van der Waals surface area contributed by atoms with Crippen LogP contribution < -0.4 is 5.32 Å². The fraction of sp³-hybridized carbons (Fsp3) is 0.571. The second-order valence-electron chi connectivity index (χ2n) is 5.39. The van der Waals surface area contributed by atoms with Crippen molar-refractivity contribution >= 4 is 23.0 Å². The Bertz CT molecular complexity index is 475. The van der Waals surface area contributed by atoms with E-state index < -0.39 is 4.92 Å². The van der Waals surface area contributed by atoms with Crippen molar-refractivity contribution < 1.29 is 4.92 Å². The minimum absolute atomic E-state index is 0.0393. The maximum Gasteiger partial charge on any atom is 0.310 e. The Labute approximate surface area is 124 Å². The smallest absolute Gasteiger partial charge is 0.310 e. The van der Waals surface area contributed by atoms with Crippen molar-refractivity contribution in [1.82, 2.24) is 4.90 Å². The van der Waals surface area contributed by atoms with E-state index in [-0.39, 0.29) is 10.7 Å². The number of hydrogen-bond donors (Lipinski definition) is 1. The van der Waals surface area contributed by atoms with Crippen LogP contribution in [0.25, 0.3) is 0 Å². The number of anilines is 1. The molecule has 0 aromatic heterocycles. The first-order valence-corrected chi connectivity index (χ1v) is 7.35. The zero-order chi connectivity index (χ0) is 14.5. The quantitative estimate of drug-likeness (QED) is 0.646. The van der Waals surface area contributed by atoms with Gasteiger partial charge in [0.15, 0.2) is 0 Å². The molecule has 110 valence electrons. The average Bonchev–Trinajstić information content (AvgIpc) is 2.88. The lowest BCUT2D eigenvalue weighted by Crippen LogP contribution is -2.28. The van der Waals surface area contributed by atoms with E-state index in [1.54, 1.807) is 18.2 Å². The minimum Gasteiger partial charge on any atom is -0.379 e. The molecule has 1 aromatic rings. The summed E-state index contributed by atoms with van der Waals surface area (Å²) in [5.41, 5.74) is 0.457. The summed E-state index contributed by atoms with van der Waals surface area (Å²) in [6.07, 6.45) is 2.56. The van der Waals surface area contributed by atoms with Crippen LogP contribution >= 0.6 is 11.6 Å². The summed E-state index contributed by atoms with van der Waals surface area (Å²) in [4.78, 5) is 13.0. The molecule has 1 aliphatic heterocycles. The molecule has 0 radical (unpaired) electrons. The molecule has 1 fully saturated rings. The number of benzene rings is 1. The SMILES string of the molecule is CC(CNc1cccc(Cl)c1[N+](=O)[O-])CN1CCCC1. The molecule has 0 spiro atoms. The van der Waals surface area contributed by atoms with E-state index in [2.05, 4.69) is 17.1 Å². The van der Waals surface area contributed by atoms with Gasteiger partial charge in [-0.25, -0.2) is 0 Å². The third kappa shape index (κ3) is 3.84. The Hall–Kier alpha value is -1.33. The molecule has 2 rings (SSSR count). The third-order valence-corrected chi connectivity index (χ3v) is 3.88. The van der Waals surface area contributed by atoms with Gasteiger partial charge in [0, 0.05) is 13.1 Å². The molecule has 0 aliphatic carbocycles. The van der Waals surface area contributed by atoms with Gasteiger partial charge in [-0.3, -0.25) is 10.1 Å². The number of nitrogens with zero attached hydrogens (tertiary/aromatic N) is 2. The predicted molar refractivity (Wildman–Crippen MR) is 81.4 cm³/mol. The number of nitro benzene ring substituents is 1. The second-order valence-corrected chi connectivity index (χ2v) is 5.79. The highest BCUT2D eigenvalue weighted by molar-refractivity contribution is 6.33. The molecular weight excluding hydrogens is 278 g/mol. The molecule has 6 heteroatoms. The van der Waals surface area contributed by atoms with Crippen molar-refractivity contribution in [2.45, 2.75) is 19.8 Å². The molecule has 0 saturated carbocycles. The summed E-state index contributed by atoms with van der Waals surface area (Å²) in [6, 6.07) is 4.97. The Morgan fingerprint density at radius 2 is 2.15 bits per heavy atom. The molecule has 20 heavy (non-hydrogen) atoms. The van der Waals surface area contributed by atoms with Crippen molar-refractivity contribution in [3.8, 4) is 0 Å². The van der Waals surface area contributed by atoms with Crippen LogP contribution in [0.4, 0.5) is 11.4 Å². The van der Waals surface area contributed by atoms with Crippen LogP contribution in [-0.2, 0) is 0 Å². The van der Waals surface area contributed by atoms with Crippen LogP contribution in [0.5, 0.6) is 0 Å². The van der Waals surface area contributed by atoms with Gasteiger partial charge in [-0.2, -0.15) is 0 Å². The molecule has 1 saturated heterocycles. The van der Waals surface area contributed by atoms with E-state index in [0.29, 0.717) is 18.2 Å². The summed E-state index contributed by atoms with van der Waals surface area (Å²) in [7, 11) is 0. The number of hydrogen-bond acceptors (Lipinski definition) is 4. The van der Waals surface area contributed by atoms with Crippen molar-refractivity contribution in [1.29, 1.82) is 0 Å². The first-order valence-electron chi connectivity index (χ1n) is 6.97. The lowest BCUT2D eigenvalue weighted by Gasteiger charge is -2.20. The summed E-state index contributed by atoms with van der Waals surface area (Å²) < 4.78 is 0. The van der Waals surface area contributed by atoms with Crippen LogP contribution in [0.1, 0.15) is 19.8 Å². The lowest BCUT2D eigenvalue weighted by atomic mass is 10.1. The molecule has 1 aromatic carbocycles. The van der Waals surface area contributed by atoms with Crippen LogP contribution in [0.15, 0.2) is 18.2 Å². The van der Waals surface area contributed by atoms with Crippen molar-refractivity contribution in [3.63, 3.8) is 0 Å². The summed E-state index contributed by atoms with van der Waals surface area (Å²) in [6.45, 7) is 6.23. The van der Waals surface area contributed by atoms with E-state index >= 15 is 0 Å². The number of para-hydroxylation sites is 1. The largest absolute Gasteiger partial charge is 0.379 e. The van der Waals surface area contributed by atoms with Gasteiger partial charge in [-0.1, -0.05) is 24.6 Å². The van der Waals surface area contributed by atoms with Crippen LogP contribution in [0.2, 0.25) is 5.02 Å². The standard InChI is InChI=1S/C14H20ClN3O2/c1-11(10-17-7-2-3-8-17)9-16-13-6-4-5-12(15)14(13)18(19)20/h4-6,11,16H,2-3,7-10H2,1H3. The van der Waals surface area contributed by atoms with E-state index in [9.17, 15) is 10.1 Å². The number of likely N-dealkylation sites (tertiary alicyclic amines) is 1. The van der Waals surface area contributed by atoms with Gasteiger partial charge in [0.2, 0.25) is 0 Å². The van der Waals surface area contributed by atoms with Gasteiger partial charge in [0.05, 0.1) is 4.92 Å². The number of nitro groups is 1. The van der Waals surface area contributed by atoms with Gasteiger partial charge in [0.25, 0.3) is 0 Å². The van der Waals surface area contributed by atoms with Gasteiger partial charge in [-0.15, -0.1) is 0 Å². The topological polar surface area (TPSA) is 58.4 Å². The summed E-state index contributed by atoms with van der Waals surface area (Å²) >= 11 is 5.89. The van der Waals surface area contributed by atoms with Gasteiger partial charge >= 0.3 is 5.69 Å². The molecule has 0 amide bonds. The Morgan fingerprint density at radius 1 is 1.45 bits per heavy atom. The van der Waals surface area contributed by atoms with Gasteiger partial charge in [0.1, 0.15) is 10.7 Å². The fourth-order valence-corrected chi connectivity index (χ4v) is 2.84. The summed E-state index contributed by atoms with van der Waals surface area (Å²) in [5.74, 6) is 0.437. The average molecular weight is 298 g/mol. The number of halogens is 1. The van der Waals surface area contributed by atoms with Crippen molar-refractivity contribution in [2.24, 2.45) is 5.92 Å². The van der Waals surface area contributed by atoms with E-state index in [1.165, 1.54) is 25.9 Å². The highest BCUT2D eigenvalue weighted by atomic mass is 35.5. The molecule has 1 N–H and O–H groups in total. The van der Waals surface area contributed by atoms with E-state index in [0.717, 1.165) is 6.54 Å². The first kappa shape index (κ1) is 15.1. The van der Waals surface area contributed by atoms with Crippen molar-refractivity contribution in [2.75, 3.05) is 31.5 Å². The Morgan fingerprint density at radius 3 is 2.80 bits per heavy atom. The lowest BCUT2D eigenvalue weighted by molar-refractivity contribution is -0.383. The molecule has 5 nitrogen and oxygen atoms in total. The Balaban J connectivity index is 1.93. The maximum atomic E-state index is 11.0. The molecule has 1 aliphatic rings. The zero-order valence-electron chi connectivity index (χ0n) is 11.6. The zero-order valence-corrected chi connectivity index (χ0v) is 12.4. The minimum atomic E-state index is -0.435. The fourth-order valence-electron chi connectivity index (χ4n) is 2.60. The second kappa shape index (κ2) is 6.90. The number of nitrogens with one attached hydrogen (secondary N) is 1. The first-order chi connectivity index (χ1) is 9.58. The van der Waals surface area contributed by atoms with E-state index in [4.69, 9.17) is 11.6 Å². The Kier molecular flexibility index (Phi) is 5.20.